The Morgan fingerprint density at radius 1 is 0.803 bits per heavy atom. The molecule has 0 spiro atoms. The van der Waals surface area contributed by atoms with Crippen molar-refractivity contribution in [3.8, 4) is 0 Å². The van der Waals surface area contributed by atoms with Crippen LogP contribution in [0.25, 0.3) is 5.57 Å². The van der Waals surface area contributed by atoms with Gasteiger partial charge in [-0.2, -0.15) is 0 Å². The van der Waals surface area contributed by atoms with E-state index in [-0.39, 0.29) is 36.6 Å². The number of nitrogens with zero attached hydrogens (tertiary/aromatic N) is 3. The van der Waals surface area contributed by atoms with Gasteiger partial charge in [0.15, 0.2) is 11.6 Å². The minimum atomic E-state index is -0.495. The summed E-state index contributed by atoms with van der Waals surface area (Å²) in [6, 6.07) is 3.82. The smallest absolute Gasteiger partial charge is 0.444 e. The molecule has 2 atom stereocenters. The molecule has 0 N–H and O–H groups in total. The van der Waals surface area contributed by atoms with Crippen LogP contribution in [0.1, 0.15) is 138 Å². The zero-order valence-electron chi connectivity index (χ0n) is 38.1. The number of halogens is 3. The third-order valence-electron chi connectivity index (χ3n) is 11.4. The van der Waals surface area contributed by atoms with E-state index in [2.05, 4.69) is 43.7 Å². The maximum absolute atomic E-state index is 12.2. The van der Waals surface area contributed by atoms with Crippen LogP contribution in [0.5, 0.6) is 0 Å². The number of hydrogen-bond acceptors (Lipinski definition) is 10. The van der Waals surface area contributed by atoms with Crippen LogP contribution in [0.15, 0.2) is 42.2 Å². The summed E-state index contributed by atoms with van der Waals surface area (Å²) in [6.45, 7) is 24.1. The van der Waals surface area contributed by atoms with Gasteiger partial charge in [-0.3, -0.25) is 4.98 Å². The molecule has 0 saturated carbocycles. The highest BCUT2D eigenvalue weighted by atomic mass is 35.5. The van der Waals surface area contributed by atoms with Gasteiger partial charge in [0, 0.05) is 25.5 Å². The molecule has 338 valence electrons. The highest BCUT2D eigenvalue weighted by molar-refractivity contribution is 6.54. The van der Waals surface area contributed by atoms with Gasteiger partial charge >= 0.3 is 13.2 Å². The molecule has 7 rings (SSSR count). The van der Waals surface area contributed by atoms with Gasteiger partial charge in [-0.25, -0.2) is 9.78 Å². The first kappa shape index (κ1) is 49.8. The van der Waals surface area contributed by atoms with Crippen LogP contribution >= 0.6 is 34.8 Å². The lowest BCUT2D eigenvalue weighted by Crippen LogP contribution is -2.41. The molecule has 1 aliphatic carbocycles. The number of amides is 1. The molecule has 0 unspecified atom stereocenters. The normalized spacial score (nSPS) is 23.9. The predicted molar refractivity (Wildman–Crippen MR) is 243 cm³/mol. The number of rotatable bonds is 8. The minimum absolute atomic E-state index is 0.100. The number of aryl methyl sites for hydroxylation is 2. The highest BCUT2D eigenvalue weighted by Crippen LogP contribution is 2.40. The average Bonchev–Trinajstić information content (AvgIpc) is 3.80. The Morgan fingerprint density at radius 3 is 1.80 bits per heavy atom. The van der Waals surface area contributed by atoms with E-state index in [4.69, 9.17) is 67.8 Å². The predicted octanol–water partition coefficient (Wildman–Crippen LogP) is 11.4. The summed E-state index contributed by atoms with van der Waals surface area (Å²) in [5, 5.41) is 1.48. The number of carbonyl (C=O) groups is 1. The summed E-state index contributed by atoms with van der Waals surface area (Å²) in [5.74, 6) is -0.953. The number of hydrogen-bond donors (Lipinski definition) is 0. The monoisotopic (exact) mass is 905 g/mol. The fraction of sp³-hybridized carbons (Fsp3) is 0.674. The van der Waals surface area contributed by atoms with Crippen molar-refractivity contribution >= 4 is 53.6 Å². The van der Waals surface area contributed by atoms with Crippen molar-refractivity contribution in [2.75, 3.05) is 26.3 Å². The summed E-state index contributed by atoms with van der Waals surface area (Å²) in [6.07, 6.45) is 16.9. The summed E-state index contributed by atoms with van der Waals surface area (Å²) >= 11 is 18.2. The van der Waals surface area contributed by atoms with Gasteiger partial charge in [0.05, 0.1) is 52.4 Å². The lowest BCUT2D eigenvalue weighted by atomic mass is 9.73. The second-order valence-corrected chi connectivity index (χ2v) is 20.5. The zero-order valence-corrected chi connectivity index (χ0v) is 40.4. The van der Waals surface area contributed by atoms with Gasteiger partial charge in [-0.15, -0.1) is 0 Å². The first-order valence-electron chi connectivity index (χ1n) is 21.7. The summed E-state index contributed by atoms with van der Waals surface area (Å²) in [4.78, 5) is 22.5. The molecule has 1 amide bonds. The van der Waals surface area contributed by atoms with Crippen LogP contribution in [0.2, 0.25) is 15.2 Å². The molecule has 0 bridgehead atoms. The Bertz CT molecular complexity index is 1870. The maximum Gasteiger partial charge on any atom is 0.490 e. The molecule has 6 heterocycles. The van der Waals surface area contributed by atoms with Crippen molar-refractivity contribution < 1.29 is 37.8 Å². The van der Waals surface area contributed by atoms with Gasteiger partial charge in [-0.1, -0.05) is 47.0 Å². The average molecular weight is 907 g/mol. The van der Waals surface area contributed by atoms with Crippen LogP contribution in [0.3, 0.4) is 0 Å². The van der Waals surface area contributed by atoms with Crippen LogP contribution in [-0.2, 0) is 45.8 Å². The number of ether oxygens (including phenoxy) is 5. The number of pyridine rings is 2. The van der Waals surface area contributed by atoms with E-state index in [1.165, 1.54) is 24.7 Å². The molecule has 11 nitrogen and oxygen atoms in total. The molecule has 0 aromatic carbocycles. The maximum atomic E-state index is 12.2. The van der Waals surface area contributed by atoms with Gasteiger partial charge < -0.3 is 37.9 Å². The van der Waals surface area contributed by atoms with E-state index in [0.29, 0.717) is 47.9 Å². The second-order valence-electron chi connectivity index (χ2n) is 19.3. The van der Waals surface area contributed by atoms with E-state index < -0.39 is 17.2 Å². The fourth-order valence-corrected chi connectivity index (χ4v) is 7.96. The number of carbonyl (C=O) groups excluding carboxylic acids is 1. The van der Waals surface area contributed by atoms with Crippen molar-refractivity contribution in [1.82, 2.24) is 14.9 Å². The number of allylic oxidation sites excluding steroid dienone is 2. The molecule has 5 aliphatic rings. The van der Waals surface area contributed by atoms with Gasteiger partial charge in [0.1, 0.15) is 10.8 Å². The van der Waals surface area contributed by atoms with Crippen LogP contribution in [0.4, 0.5) is 4.79 Å². The van der Waals surface area contributed by atoms with E-state index in [1.54, 1.807) is 11.1 Å². The lowest BCUT2D eigenvalue weighted by molar-refractivity contribution is -0.139. The minimum Gasteiger partial charge on any atom is -0.444 e. The first-order chi connectivity index (χ1) is 28.4. The highest BCUT2D eigenvalue weighted by Gasteiger charge is 2.52. The van der Waals surface area contributed by atoms with E-state index in [0.717, 1.165) is 54.5 Å². The summed E-state index contributed by atoms with van der Waals surface area (Å²) < 4.78 is 40.1. The Kier molecular flexibility index (Phi) is 16.9. The SMILES string of the molecule is CC(C)(C)OC(=O)N1CC=C(c2ncc(CC[C@@H]3COC(C)(C)O3)cc2Cl)CC1.CC1(C)OB(C2=CCCCC2)OC1(C)C.CC1(C)OC[C@@H](CCc2cnc(Cl)c(Cl)c2)O1. The third kappa shape index (κ3) is 14.9. The summed E-state index contributed by atoms with van der Waals surface area (Å²) in [7, 11) is -0.102. The molecule has 15 heteroatoms. The Hall–Kier alpha value is -2.26. The number of aromatic nitrogens is 2. The van der Waals surface area contributed by atoms with Crippen molar-refractivity contribution in [1.29, 1.82) is 0 Å². The molecule has 0 radical (unpaired) electrons. The van der Waals surface area contributed by atoms with E-state index >= 15 is 0 Å². The molecule has 2 aromatic heterocycles. The molecule has 3 saturated heterocycles. The van der Waals surface area contributed by atoms with Gasteiger partial charge in [-0.05, 0) is 168 Å². The standard InChI is InChI=1S/C22H31ClN2O4.C12H21BO2.C12H15Cl2NO2/c1-21(2,3)29-20(26)25-10-8-16(9-11-25)19-18(23)12-15(13-24-19)6-7-17-14-27-22(4,5)28-17;1-11(2)12(3,4)15-13(14-11)10-8-6-5-7-9-10;1-12(2)16-7-9(17-12)4-3-8-5-10(13)11(14)15-6-8/h8,12-13,17H,6-7,9-11,14H2,1-5H3;8H,5-7,9H2,1-4H3;5-6,9H,3-4,7H2,1-2H3/t17-;;9-/m1.1/s1. The van der Waals surface area contributed by atoms with Crippen LogP contribution in [-0.4, -0.2) is 95.0 Å². The van der Waals surface area contributed by atoms with Crippen molar-refractivity contribution in [3.63, 3.8) is 0 Å². The zero-order chi connectivity index (χ0) is 44.8. The van der Waals surface area contributed by atoms with Crippen molar-refractivity contribution in [2.45, 2.75) is 175 Å². The Balaban J connectivity index is 0.000000187. The molecule has 61 heavy (non-hydrogen) atoms. The molecule has 3 fully saturated rings. The lowest BCUT2D eigenvalue weighted by Gasteiger charge is -2.32. The molecule has 4 aliphatic heterocycles. The second kappa shape index (κ2) is 20.7. The molecular weight excluding hydrogens is 840 g/mol. The quantitative estimate of drug-likeness (QED) is 0.187. The van der Waals surface area contributed by atoms with E-state index in [9.17, 15) is 4.79 Å². The third-order valence-corrected chi connectivity index (χ3v) is 12.4. The largest absolute Gasteiger partial charge is 0.490 e. The van der Waals surface area contributed by atoms with Crippen LogP contribution in [0, 0.1) is 0 Å². The van der Waals surface area contributed by atoms with E-state index in [1.807, 2.05) is 72.9 Å². The van der Waals surface area contributed by atoms with Crippen LogP contribution < -0.4 is 0 Å². The Labute approximate surface area is 379 Å². The van der Waals surface area contributed by atoms with Crippen molar-refractivity contribution in [2.24, 2.45) is 0 Å². The van der Waals surface area contributed by atoms with Gasteiger partial charge in [0.25, 0.3) is 0 Å². The van der Waals surface area contributed by atoms with Crippen molar-refractivity contribution in [3.05, 3.63) is 74.2 Å². The summed E-state index contributed by atoms with van der Waals surface area (Å²) in [5.41, 5.74) is 4.46. The molecular formula is C46H67BCl3N3O8. The fourth-order valence-electron chi connectivity index (χ4n) is 7.36. The Morgan fingerprint density at radius 2 is 1.36 bits per heavy atom. The molecule has 2 aromatic rings. The first-order valence-corrected chi connectivity index (χ1v) is 22.8. The van der Waals surface area contributed by atoms with Gasteiger partial charge in [0.2, 0.25) is 0 Å². The topological polar surface area (TPSA) is 111 Å².